The average molecular weight is 609 g/mol. The molecule has 8 nitrogen and oxygen atoms in total. The van der Waals surface area contributed by atoms with Gasteiger partial charge in [-0.2, -0.15) is 5.26 Å². The molecule has 1 aliphatic heterocycles. The molecule has 0 radical (unpaired) electrons. The Bertz CT molecular complexity index is 1740. The number of ether oxygens (including phenoxy) is 1. The minimum atomic E-state index is -1.37. The summed E-state index contributed by atoms with van der Waals surface area (Å²) in [7, 11) is 0.239. The highest BCUT2D eigenvalue weighted by Gasteiger charge is 2.40. The number of aliphatic hydroxyl groups is 1. The number of aliphatic hydroxyl groups excluding tert-OH is 1. The summed E-state index contributed by atoms with van der Waals surface area (Å²) in [5.74, 6) is 0.415. The van der Waals surface area contributed by atoms with E-state index < -0.39 is 15.7 Å². The number of aromatic nitrogens is 1. The van der Waals surface area contributed by atoms with Gasteiger partial charge in [-0.1, -0.05) is 42.5 Å². The highest BCUT2D eigenvalue weighted by molar-refractivity contribution is 7.84. The van der Waals surface area contributed by atoms with Gasteiger partial charge in [-0.3, -0.25) is 4.79 Å². The third-order valence-corrected chi connectivity index (χ3v) is 9.45. The number of rotatable bonds is 9. The van der Waals surface area contributed by atoms with Crippen molar-refractivity contribution >= 4 is 16.9 Å². The first-order valence-electron chi connectivity index (χ1n) is 14.5. The van der Waals surface area contributed by atoms with Gasteiger partial charge in [0.2, 0.25) is 0 Å². The summed E-state index contributed by atoms with van der Waals surface area (Å²) in [6, 6.07) is 26.3. The van der Waals surface area contributed by atoms with Crippen molar-refractivity contribution < 1.29 is 18.8 Å². The Labute approximate surface area is 260 Å². The van der Waals surface area contributed by atoms with Crippen molar-refractivity contribution in [3.63, 3.8) is 0 Å². The molecule has 3 aromatic carbocycles. The lowest BCUT2D eigenvalue weighted by Gasteiger charge is -2.30. The van der Waals surface area contributed by atoms with Crippen LogP contribution in [0.25, 0.3) is 22.4 Å². The molecule has 0 fully saturated rings. The Morgan fingerprint density at radius 1 is 1.07 bits per heavy atom. The van der Waals surface area contributed by atoms with Gasteiger partial charge in [-0.25, -0.2) is 13.5 Å². The first-order chi connectivity index (χ1) is 21.1. The highest BCUT2D eigenvalue weighted by atomic mass is 32.2. The second-order valence-corrected chi connectivity index (χ2v) is 13.9. The van der Waals surface area contributed by atoms with E-state index in [1.54, 1.807) is 19.2 Å². The van der Waals surface area contributed by atoms with Gasteiger partial charge in [0.15, 0.2) is 0 Å². The fourth-order valence-corrected chi connectivity index (χ4v) is 6.84. The Hall–Kier alpha value is -4.36. The maximum absolute atomic E-state index is 13.7. The number of amides is 1. The van der Waals surface area contributed by atoms with Gasteiger partial charge in [0, 0.05) is 30.8 Å². The third kappa shape index (κ3) is 6.58. The number of methoxy groups -OCH3 is 1. The molecular formula is C35H36N4O4S. The van der Waals surface area contributed by atoms with Crippen LogP contribution in [0.2, 0.25) is 0 Å². The van der Waals surface area contributed by atoms with Gasteiger partial charge in [0.25, 0.3) is 5.91 Å². The zero-order chi connectivity index (χ0) is 31.4. The number of nitrogens with one attached hydrogen (secondary N) is 1. The molecule has 0 aliphatic carbocycles. The van der Waals surface area contributed by atoms with E-state index in [0.29, 0.717) is 30.8 Å². The summed E-state index contributed by atoms with van der Waals surface area (Å²) < 4.78 is 20.3. The standard InChI is InChI=1S/C35H36N4O4S/c1-35(2,3)44(42)39-22-28-19-30(34(41)37-21-23-11-13-29(43-4)14-12-23)38-33(32(28)31(39)15-16-40)27-10-6-9-26(18-27)25-8-5-7-24(17-25)20-36/h5-14,17-19,31,40H,15-16,21-22H2,1-4H3,(H,37,41)/t31-,44-/m0/s1. The van der Waals surface area contributed by atoms with Crippen LogP contribution in [0.5, 0.6) is 5.75 Å². The summed E-state index contributed by atoms with van der Waals surface area (Å²) in [4.78, 5) is 18.4. The number of hydrogen-bond donors (Lipinski definition) is 2. The lowest BCUT2D eigenvalue weighted by Crippen LogP contribution is -2.36. The molecular weight excluding hydrogens is 572 g/mol. The number of fused-ring (bicyclic) bond motifs is 1. The van der Waals surface area contributed by atoms with Gasteiger partial charge in [0.1, 0.15) is 22.4 Å². The van der Waals surface area contributed by atoms with Crippen LogP contribution in [0.4, 0.5) is 0 Å². The molecule has 0 unspecified atom stereocenters. The van der Waals surface area contributed by atoms with Gasteiger partial charge in [-0.15, -0.1) is 0 Å². The molecule has 1 amide bonds. The first-order valence-corrected chi connectivity index (χ1v) is 15.6. The molecule has 1 aromatic heterocycles. The van der Waals surface area contributed by atoms with Crippen LogP contribution in [0.3, 0.4) is 0 Å². The van der Waals surface area contributed by atoms with E-state index in [2.05, 4.69) is 11.4 Å². The molecule has 0 saturated heterocycles. The number of nitriles is 1. The van der Waals surface area contributed by atoms with Crippen LogP contribution < -0.4 is 10.1 Å². The molecule has 0 bridgehead atoms. The monoisotopic (exact) mass is 608 g/mol. The first kappa shape index (κ1) is 31.1. The number of carbonyl (C=O) groups is 1. The smallest absolute Gasteiger partial charge is 0.270 e. The molecule has 226 valence electrons. The molecule has 0 spiro atoms. The molecule has 2 heterocycles. The Morgan fingerprint density at radius 3 is 2.41 bits per heavy atom. The maximum Gasteiger partial charge on any atom is 0.270 e. The molecule has 44 heavy (non-hydrogen) atoms. The topological polar surface area (TPSA) is 116 Å². The van der Waals surface area contributed by atoms with Gasteiger partial charge < -0.3 is 15.2 Å². The SMILES string of the molecule is COc1ccc(CNC(=O)c2cc3c(c(-c4cccc(-c5cccc(C#N)c5)c4)n2)[C@H](CCO)N([S@@](=O)C(C)(C)C)C3)cc1. The van der Waals surface area contributed by atoms with Crippen LogP contribution in [-0.4, -0.2) is 43.0 Å². The van der Waals surface area contributed by atoms with Crippen LogP contribution in [0.1, 0.15) is 66.0 Å². The second-order valence-electron chi connectivity index (χ2n) is 11.7. The van der Waals surface area contributed by atoms with E-state index in [1.807, 2.05) is 91.8 Å². The highest BCUT2D eigenvalue weighted by Crippen LogP contribution is 2.44. The van der Waals surface area contributed by atoms with E-state index in [9.17, 15) is 19.4 Å². The van der Waals surface area contributed by atoms with Crippen LogP contribution in [0, 0.1) is 11.3 Å². The van der Waals surface area contributed by atoms with Gasteiger partial charge in [-0.05, 0) is 85.8 Å². The largest absolute Gasteiger partial charge is 0.497 e. The molecule has 2 N–H and O–H groups in total. The number of carbonyl (C=O) groups excluding carboxylic acids is 1. The maximum atomic E-state index is 13.7. The number of pyridine rings is 1. The van der Waals surface area contributed by atoms with Crippen LogP contribution >= 0.6 is 0 Å². The van der Waals surface area contributed by atoms with Crippen molar-refractivity contribution in [1.29, 1.82) is 5.26 Å². The zero-order valence-electron chi connectivity index (χ0n) is 25.3. The number of benzene rings is 3. The Morgan fingerprint density at radius 2 is 1.75 bits per heavy atom. The van der Waals surface area contributed by atoms with E-state index in [-0.39, 0.29) is 24.2 Å². The van der Waals surface area contributed by atoms with Crippen molar-refractivity contribution in [2.45, 2.75) is 51.1 Å². The molecule has 9 heteroatoms. The van der Waals surface area contributed by atoms with Crippen molar-refractivity contribution in [2.75, 3.05) is 13.7 Å². The quantitative estimate of drug-likeness (QED) is 0.244. The van der Waals surface area contributed by atoms with Crippen LogP contribution in [-0.2, 0) is 24.1 Å². The predicted octanol–water partition coefficient (Wildman–Crippen LogP) is 5.93. The molecule has 2 atom stereocenters. The molecule has 0 saturated carbocycles. The Kier molecular flexibility index (Phi) is 9.25. The summed E-state index contributed by atoms with van der Waals surface area (Å²) >= 11 is 0. The van der Waals surface area contributed by atoms with Gasteiger partial charge in [0.05, 0.1) is 35.2 Å². The average Bonchev–Trinajstić information content (AvgIpc) is 3.40. The summed E-state index contributed by atoms with van der Waals surface area (Å²) in [6.45, 7) is 6.37. The molecule has 4 aromatic rings. The van der Waals surface area contributed by atoms with E-state index >= 15 is 0 Å². The minimum Gasteiger partial charge on any atom is -0.497 e. The fourth-order valence-electron chi connectivity index (χ4n) is 5.44. The van der Waals surface area contributed by atoms with Crippen molar-refractivity contribution in [1.82, 2.24) is 14.6 Å². The van der Waals surface area contributed by atoms with Crippen molar-refractivity contribution in [3.05, 3.63) is 107 Å². The van der Waals surface area contributed by atoms with Gasteiger partial charge >= 0.3 is 0 Å². The zero-order valence-corrected chi connectivity index (χ0v) is 26.1. The lowest BCUT2D eigenvalue weighted by atomic mass is 9.93. The summed E-state index contributed by atoms with van der Waals surface area (Å²) in [6.07, 6.45) is 0.371. The third-order valence-electron chi connectivity index (χ3n) is 7.60. The number of nitrogens with zero attached hydrogens (tertiary/aromatic N) is 3. The van der Waals surface area contributed by atoms with E-state index in [4.69, 9.17) is 9.72 Å². The number of hydrogen-bond acceptors (Lipinski definition) is 6. The summed E-state index contributed by atoms with van der Waals surface area (Å²) in [5, 5.41) is 22.5. The normalized spacial score (nSPS) is 15.3. The fraction of sp³-hybridized carbons (Fsp3) is 0.286. The van der Waals surface area contributed by atoms with E-state index in [1.165, 1.54) is 0 Å². The van der Waals surface area contributed by atoms with E-state index in [0.717, 1.165) is 39.1 Å². The molecule has 1 aliphatic rings. The predicted molar refractivity (Wildman–Crippen MR) is 172 cm³/mol. The Balaban J connectivity index is 1.59. The lowest BCUT2D eigenvalue weighted by molar-refractivity contribution is 0.0946. The molecule has 5 rings (SSSR count). The van der Waals surface area contributed by atoms with Crippen molar-refractivity contribution in [2.24, 2.45) is 0 Å². The van der Waals surface area contributed by atoms with Crippen molar-refractivity contribution in [3.8, 4) is 34.2 Å². The minimum absolute atomic E-state index is 0.0908. The second kappa shape index (κ2) is 13.1. The summed E-state index contributed by atoms with van der Waals surface area (Å²) in [5.41, 5.74) is 6.65. The van der Waals surface area contributed by atoms with Crippen LogP contribution in [0.15, 0.2) is 78.9 Å².